The van der Waals surface area contributed by atoms with Crippen LogP contribution in [0.2, 0.25) is 5.02 Å². The number of nitrogens with zero attached hydrogens (tertiary/aromatic N) is 3. The van der Waals surface area contributed by atoms with Gasteiger partial charge in [-0.05, 0) is 23.8 Å². The maximum atomic E-state index is 12.2. The van der Waals surface area contributed by atoms with Gasteiger partial charge in [0.1, 0.15) is 11.8 Å². The summed E-state index contributed by atoms with van der Waals surface area (Å²) in [5.41, 5.74) is 2.18. The zero-order chi connectivity index (χ0) is 17.2. The summed E-state index contributed by atoms with van der Waals surface area (Å²) >= 11 is 6.00. The van der Waals surface area contributed by atoms with Crippen molar-refractivity contribution in [3.63, 3.8) is 0 Å². The molecule has 0 bridgehead atoms. The summed E-state index contributed by atoms with van der Waals surface area (Å²) in [5.74, 6) is -0.383. The summed E-state index contributed by atoms with van der Waals surface area (Å²) in [6.07, 6.45) is 8.69. The van der Waals surface area contributed by atoms with E-state index in [-0.39, 0.29) is 12.1 Å². The van der Waals surface area contributed by atoms with Gasteiger partial charge in [-0.25, -0.2) is 14.8 Å². The normalized spacial score (nSPS) is 19.2. The number of hydrogen-bond donors (Lipinski definition) is 0. The van der Waals surface area contributed by atoms with E-state index in [0.29, 0.717) is 16.8 Å². The highest BCUT2D eigenvalue weighted by atomic mass is 35.5. The first kappa shape index (κ1) is 15.8. The molecule has 0 unspecified atom stereocenters. The van der Waals surface area contributed by atoms with Crippen LogP contribution in [0.5, 0.6) is 0 Å². The average molecular weight is 354 g/mol. The number of esters is 1. The zero-order valence-electron chi connectivity index (χ0n) is 13.4. The van der Waals surface area contributed by atoms with Gasteiger partial charge in [0.25, 0.3) is 0 Å². The first-order chi connectivity index (χ1) is 12.2. The first-order valence-corrected chi connectivity index (χ1v) is 8.47. The van der Waals surface area contributed by atoms with Gasteiger partial charge in [0.2, 0.25) is 0 Å². The van der Waals surface area contributed by atoms with Crippen molar-refractivity contribution in [1.82, 2.24) is 14.5 Å². The number of rotatable bonds is 4. The van der Waals surface area contributed by atoms with Crippen molar-refractivity contribution in [3.8, 4) is 11.1 Å². The van der Waals surface area contributed by atoms with Crippen LogP contribution in [0.25, 0.3) is 11.1 Å². The molecule has 0 aliphatic heterocycles. The average Bonchev–Trinajstić information content (AvgIpc) is 3.11. The van der Waals surface area contributed by atoms with E-state index in [1.54, 1.807) is 24.8 Å². The van der Waals surface area contributed by atoms with Gasteiger partial charge in [0.15, 0.2) is 0 Å². The molecule has 0 spiro atoms. The Balaban J connectivity index is 1.37. The molecule has 1 aromatic carbocycles. The summed E-state index contributed by atoms with van der Waals surface area (Å²) in [4.78, 5) is 20.5. The van der Waals surface area contributed by atoms with E-state index in [0.717, 1.165) is 24.0 Å². The van der Waals surface area contributed by atoms with Gasteiger partial charge in [-0.2, -0.15) is 0 Å². The van der Waals surface area contributed by atoms with Crippen molar-refractivity contribution in [3.05, 3.63) is 72.0 Å². The molecule has 25 heavy (non-hydrogen) atoms. The molecule has 0 amide bonds. The summed E-state index contributed by atoms with van der Waals surface area (Å²) in [5, 5.41) is 0.665. The van der Waals surface area contributed by atoms with E-state index in [9.17, 15) is 4.79 Å². The molecule has 2 heterocycles. The van der Waals surface area contributed by atoms with E-state index in [1.807, 2.05) is 41.1 Å². The first-order valence-electron chi connectivity index (χ1n) is 8.09. The second kappa shape index (κ2) is 6.69. The van der Waals surface area contributed by atoms with E-state index in [4.69, 9.17) is 16.3 Å². The summed E-state index contributed by atoms with van der Waals surface area (Å²) in [7, 11) is 0. The number of aromatic nitrogens is 3. The maximum Gasteiger partial charge on any atom is 0.357 e. The summed E-state index contributed by atoms with van der Waals surface area (Å²) in [6.45, 7) is 0. The van der Waals surface area contributed by atoms with Gasteiger partial charge >= 0.3 is 5.97 Å². The van der Waals surface area contributed by atoms with Gasteiger partial charge < -0.3 is 9.30 Å². The van der Waals surface area contributed by atoms with Crippen molar-refractivity contribution in [2.75, 3.05) is 0 Å². The maximum absolute atomic E-state index is 12.2. The topological polar surface area (TPSA) is 57.0 Å². The molecular weight excluding hydrogens is 338 g/mol. The molecule has 4 rings (SSSR count). The number of halogens is 1. The molecule has 0 saturated heterocycles. The molecule has 126 valence electrons. The van der Waals surface area contributed by atoms with Gasteiger partial charge in [-0.1, -0.05) is 29.8 Å². The van der Waals surface area contributed by atoms with Crippen LogP contribution in [-0.4, -0.2) is 26.6 Å². The molecule has 2 aromatic heterocycles. The predicted octanol–water partition coefficient (Wildman–Crippen LogP) is 4.16. The molecule has 0 atom stereocenters. The minimum atomic E-state index is -0.383. The standard InChI is InChI=1S/C19H16ClN3O2/c20-15-3-1-2-13(8-15)14-4-5-18(22-11-14)19(24)25-17-9-16(10-17)23-7-6-21-12-23/h1-8,11-12,16-17H,9-10H2. The van der Waals surface area contributed by atoms with Gasteiger partial charge in [-0.15, -0.1) is 0 Å². The van der Waals surface area contributed by atoms with Crippen LogP contribution in [0.4, 0.5) is 0 Å². The van der Waals surface area contributed by atoms with Crippen molar-refractivity contribution in [2.24, 2.45) is 0 Å². The van der Waals surface area contributed by atoms with E-state index < -0.39 is 0 Å². The zero-order valence-corrected chi connectivity index (χ0v) is 14.1. The summed E-state index contributed by atoms with van der Waals surface area (Å²) < 4.78 is 7.55. The second-order valence-electron chi connectivity index (χ2n) is 6.10. The molecule has 0 N–H and O–H groups in total. The Bertz CT molecular complexity index is 872. The number of pyridine rings is 1. The van der Waals surface area contributed by atoms with Crippen LogP contribution in [0.15, 0.2) is 61.3 Å². The highest BCUT2D eigenvalue weighted by Crippen LogP contribution is 2.34. The third kappa shape index (κ3) is 3.42. The van der Waals surface area contributed by atoms with Gasteiger partial charge in [0.05, 0.1) is 6.33 Å². The number of carbonyl (C=O) groups excluding carboxylic acids is 1. The van der Waals surface area contributed by atoms with Crippen molar-refractivity contribution in [1.29, 1.82) is 0 Å². The smallest absolute Gasteiger partial charge is 0.357 e. The fraction of sp³-hybridized carbons (Fsp3) is 0.211. The fourth-order valence-corrected chi connectivity index (χ4v) is 3.12. The fourth-order valence-electron chi connectivity index (χ4n) is 2.93. The number of carbonyl (C=O) groups is 1. The minimum Gasteiger partial charge on any atom is -0.457 e. The molecule has 1 aliphatic rings. The predicted molar refractivity (Wildman–Crippen MR) is 94.4 cm³/mol. The monoisotopic (exact) mass is 353 g/mol. The number of benzene rings is 1. The number of imidazole rings is 1. The lowest BCUT2D eigenvalue weighted by Gasteiger charge is -2.35. The molecule has 1 aliphatic carbocycles. The lowest BCUT2D eigenvalue weighted by atomic mass is 9.89. The molecular formula is C19H16ClN3O2. The third-order valence-corrected chi connectivity index (χ3v) is 4.66. The second-order valence-corrected chi connectivity index (χ2v) is 6.54. The number of hydrogen-bond acceptors (Lipinski definition) is 4. The van der Waals surface area contributed by atoms with Crippen molar-refractivity contribution >= 4 is 17.6 Å². The van der Waals surface area contributed by atoms with Gasteiger partial charge in [-0.3, -0.25) is 0 Å². The van der Waals surface area contributed by atoms with E-state index in [1.165, 1.54) is 0 Å². The Labute approximate surface area is 150 Å². The van der Waals surface area contributed by atoms with Crippen LogP contribution < -0.4 is 0 Å². The highest BCUT2D eigenvalue weighted by molar-refractivity contribution is 6.30. The quantitative estimate of drug-likeness (QED) is 0.661. The minimum absolute atomic E-state index is 0.0608. The summed E-state index contributed by atoms with van der Waals surface area (Å²) in [6, 6.07) is 11.4. The van der Waals surface area contributed by atoms with Gasteiger partial charge in [0, 0.05) is 48.1 Å². The highest BCUT2D eigenvalue weighted by Gasteiger charge is 2.33. The van der Waals surface area contributed by atoms with Crippen molar-refractivity contribution < 1.29 is 9.53 Å². The van der Waals surface area contributed by atoms with Crippen LogP contribution in [0, 0.1) is 0 Å². The van der Waals surface area contributed by atoms with Crippen LogP contribution in [0.1, 0.15) is 29.4 Å². The number of ether oxygens (including phenoxy) is 1. The Morgan fingerprint density at radius 1 is 1.20 bits per heavy atom. The van der Waals surface area contributed by atoms with E-state index >= 15 is 0 Å². The van der Waals surface area contributed by atoms with Crippen molar-refractivity contribution in [2.45, 2.75) is 25.0 Å². The SMILES string of the molecule is O=C(OC1CC(n2ccnc2)C1)c1ccc(-c2cccc(Cl)c2)cn1. The Morgan fingerprint density at radius 3 is 2.76 bits per heavy atom. The van der Waals surface area contributed by atoms with E-state index in [2.05, 4.69) is 9.97 Å². The molecule has 5 nitrogen and oxygen atoms in total. The molecule has 6 heteroatoms. The molecule has 0 radical (unpaired) electrons. The lowest BCUT2D eigenvalue weighted by Crippen LogP contribution is -2.34. The largest absolute Gasteiger partial charge is 0.457 e. The Kier molecular flexibility index (Phi) is 4.24. The molecule has 3 aromatic rings. The molecule has 1 fully saturated rings. The molecule has 1 saturated carbocycles. The Morgan fingerprint density at radius 2 is 2.08 bits per heavy atom. The Hall–Kier alpha value is -2.66. The van der Waals surface area contributed by atoms with Crippen LogP contribution in [0.3, 0.4) is 0 Å². The van der Waals surface area contributed by atoms with Crippen LogP contribution in [-0.2, 0) is 4.74 Å². The third-order valence-electron chi connectivity index (χ3n) is 4.42. The van der Waals surface area contributed by atoms with Crippen LogP contribution >= 0.6 is 11.6 Å². The lowest BCUT2D eigenvalue weighted by molar-refractivity contribution is -0.00851.